The summed E-state index contributed by atoms with van der Waals surface area (Å²) in [5.74, 6) is 1.02. The summed E-state index contributed by atoms with van der Waals surface area (Å²) in [4.78, 5) is 33.6. The minimum absolute atomic E-state index is 0.0114. The lowest BCUT2D eigenvalue weighted by Gasteiger charge is -2.26. The first kappa shape index (κ1) is 20.3. The van der Waals surface area contributed by atoms with Gasteiger partial charge in [-0.1, -0.05) is 11.2 Å². The molecule has 0 spiro atoms. The molecule has 156 valence electrons. The van der Waals surface area contributed by atoms with E-state index in [1.807, 2.05) is 46.7 Å². The normalized spacial score (nSPS) is 14.0. The molecule has 1 aliphatic heterocycles. The van der Waals surface area contributed by atoms with Gasteiger partial charge in [-0.3, -0.25) is 9.59 Å². The number of aromatic nitrogens is 2. The number of piperidine rings is 1. The average molecular weight is 425 g/mol. The fourth-order valence-electron chi connectivity index (χ4n) is 3.47. The molecular weight excluding hydrogens is 400 g/mol. The van der Waals surface area contributed by atoms with E-state index in [2.05, 4.69) is 10.1 Å². The number of benzene rings is 1. The summed E-state index contributed by atoms with van der Waals surface area (Å²) in [5.41, 5.74) is 1.45. The number of likely N-dealkylation sites (N-methyl/N-ethyl adjacent to an activating group) is 1. The van der Waals surface area contributed by atoms with Gasteiger partial charge >= 0.3 is 0 Å². The molecule has 1 aliphatic rings. The van der Waals surface area contributed by atoms with Crippen LogP contribution < -0.4 is 0 Å². The molecule has 3 heterocycles. The van der Waals surface area contributed by atoms with Gasteiger partial charge in [-0.05, 0) is 55.0 Å². The zero-order valence-corrected chi connectivity index (χ0v) is 17.7. The average Bonchev–Trinajstić information content (AvgIpc) is 3.49. The predicted octanol–water partition coefficient (Wildman–Crippen LogP) is 3.74. The monoisotopic (exact) mass is 424 g/mol. The van der Waals surface area contributed by atoms with Crippen molar-refractivity contribution in [3.63, 3.8) is 0 Å². The van der Waals surface area contributed by atoms with Crippen molar-refractivity contribution < 1.29 is 14.1 Å². The quantitative estimate of drug-likeness (QED) is 0.602. The highest BCUT2D eigenvalue weighted by molar-refractivity contribution is 7.12. The van der Waals surface area contributed by atoms with E-state index in [9.17, 15) is 9.59 Å². The van der Waals surface area contributed by atoms with Crippen molar-refractivity contribution >= 4 is 23.2 Å². The Bertz CT molecular complexity index is 992. The van der Waals surface area contributed by atoms with Crippen LogP contribution in [0.4, 0.5) is 0 Å². The molecule has 30 heavy (non-hydrogen) atoms. The van der Waals surface area contributed by atoms with Crippen LogP contribution in [-0.4, -0.2) is 58.4 Å². The maximum absolute atomic E-state index is 12.6. The van der Waals surface area contributed by atoms with E-state index in [0.29, 0.717) is 35.1 Å². The van der Waals surface area contributed by atoms with Gasteiger partial charge in [0.05, 0.1) is 4.88 Å². The fourth-order valence-corrected chi connectivity index (χ4v) is 4.18. The second kappa shape index (κ2) is 9.21. The van der Waals surface area contributed by atoms with Gasteiger partial charge in [-0.25, -0.2) is 0 Å². The first-order valence-corrected chi connectivity index (χ1v) is 11.0. The predicted molar refractivity (Wildman–Crippen MR) is 114 cm³/mol. The lowest BCUT2D eigenvalue weighted by molar-refractivity contribution is 0.0723. The van der Waals surface area contributed by atoms with Crippen molar-refractivity contribution in [3.8, 4) is 11.5 Å². The summed E-state index contributed by atoms with van der Waals surface area (Å²) in [6, 6.07) is 11.0. The molecule has 0 saturated carbocycles. The van der Waals surface area contributed by atoms with Crippen molar-refractivity contribution in [3.05, 3.63) is 58.0 Å². The lowest BCUT2D eigenvalue weighted by Crippen LogP contribution is -2.35. The number of thiophene rings is 1. The van der Waals surface area contributed by atoms with Crippen LogP contribution >= 0.6 is 11.3 Å². The number of likely N-dealkylation sites (tertiary alicyclic amines) is 1. The lowest BCUT2D eigenvalue weighted by atomic mass is 10.1. The molecule has 2 amide bonds. The van der Waals surface area contributed by atoms with E-state index in [-0.39, 0.29) is 11.8 Å². The van der Waals surface area contributed by atoms with Gasteiger partial charge in [0.2, 0.25) is 0 Å². The third-order valence-corrected chi connectivity index (χ3v) is 6.10. The molecule has 1 aromatic carbocycles. The molecule has 4 rings (SSSR count). The van der Waals surface area contributed by atoms with Crippen LogP contribution in [0.25, 0.3) is 11.5 Å². The Hall–Kier alpha value is -3.00. The summed E-state index contributed by atoms with van der Waals surface area (Å²) in [7, 11) is 1.77. The second-order valence-electron chi connectivity index (χ2n) is 7.40. The minimum Gasteiger partial charge on any atom is -0.341 e. The Morgan fingerprint density at radius 2 is 1.90 bits per heavy atom. The van der Waals surface area contributed by atoms with Gasteiger partial charge < -0.3 is 14.3 Å². The molecule has 0 N–H and O–H groups in total. The largest absolute Gasteiger partial charge is 0.341 e. The number of carbonyl (C=O) groups is 2. The second-order valence-corrected chi connectivity index (χ2v) is 8.35. The van der Waals surface area contributed by atoms with Crippen LogP contribution in [0.3, 0.4) is 0 Å². The summed E-state index contributed by atoms with van der Waals surface area (Å²) in [5, 5.41) is 5.91. The van der Waals surface area contributed by atoms with Crippen molar-refractivity contribution in [1.29, 1.82) is 0 Å². The van der Waals surface area contributed by atoms with E-state index in [1.54, 1.807) is 11.9 Å². The van der Waals surface area contributed by atoms with E-state index in [1.165, 1.54) is 17.8 Å². The molecule has 8 heteroatoms. The van der Waals surface area contributed by atoms with E-state index >= 15 is 0 Å². The summed E-state index contributed by atoms with van der Waals surface area (Å²) in [6.45, 7) is 2.16. The van der Waals surface area contributed by atoms with Crippen molar-refractivity contribution in [2.24, 2.45) is 0 Å². The zero-order chi connectivity index (χ0) is 20.9. The highest BCUT2D eigenvalue weighted by Crippen LogP contribution is 2.20. The molecule has 2 aromatic heterocycles. The van der Waals surface area contributed by atoms with Crippen LogP contribution in [0, 0.1) is 0 Å². The summed E-state index contributed by atoms with van der Waals surface area (Å²) in [6.07, 6.45) is 3.84. The molecule has 0 unspecified atom stereocenters. The topological polar surface area (TPSA) is 79.5 Å². The first-order valence-electron chi connectivity index (χ1n) is 10.1. The SMILES string of the molecule is CN(CCc1noc(-c2ccc(C(=O)N3CCCCC3)cc2)n1)C(=O)c1cccs1. The highest BCUT2D eigenvalue weighted by atomic mass is 32.1. The van der Waals surface area contributed by atoms with Crippen LogP contribution in [0.5, 0.6) is 0 Å². The Kier molecular flexibility index (Phi) is 6.23. The fraction of sp³-hybridized carbons (Fsp3) is 0.364. The van der Waals surface area contributed by atoms with Crippen LogP contribution in [0.2, 0.25) is 0 Å². The molecule has 0 atom stereocenters. The third kappa shape index (κ3) is 4.59. The van der Waals surface area contributed by atoms with Crippen molar-refractivity contribution in [2.75, 3.05) is 26.7 Å². The van der Waals surface area contributed by atoms with E-state index in [0.717, 1.165) is 31.5 Å². The van der Waals surface area contributed by atoms with Crippen LogP contribution in [-0.2, 0) is 6.42 Å². The van der Waals surface area contributed by atoms with Gasteiger partial charge in [-0.15, -0.1) is 11.3 Å². The van der Waals surface area contributed by atoms with Gasteiger partial charge in [0.15, 0.2) is 5.82 Å². The first-order chi connectivity index (χ1) is 14.6. The maximum Gasteiger partial charge on any atom is 0.263 e. The Morgan fingerprint density at radius 3 is 2.60 bits per heavy atom. The summed E-state index contributed by atoms with van der Waals surface area (Å²) < 4.78 is 5.37. The zero-order valence-electron chi connectivity index (χ0n) is 16.9. The minimum atomic E-state index is -0.0114. The molecule has 1 saturated heterocycles. The van der Waals surface area contributed by atoms with Gasteiger partial charge in [-0.2, -0.15) is 4.98 Å². The van der Waals surface area contributed by atoms with Gasteiger partial charge in [0.25, 0.3) is 17.7 Å². The maximum atomic E-state index is 12.6. The number of nitrogens with zero attached hydrogens (tertiary/aromatic N) is 4. The standard InChI is InChI=1S/C22H24N4O3S/c1-25(22(28)18-6-5-15-30-18)14-11-19-23-20(29-24-19)16-7-9-17(10-8-16)21(27)26-12-3-2-4-13-26/h5-10,15H,2-4,11-14H2,1H3. The Morgan fingerprint density at radius 1 is 1.13 bits per heavy atom. The molecule has 0 aliphatic carbocycles. The smallest absolute Gasteiger partial charge is 0.263 e. The van der Waals surface area contributed by atoms with Crippen molar-refractivity contribution in [1.82, 2.24) is 19.9 Å². The molecule has 7 nitrogen and oxygen atoms in total. The van der Waals surface area contributed by atoms with E-state index < -0.39 is 0 Å². The molecule has 3 aromatic rings. The van der Waals surface area contributed by atoms with Crippen molar-refractivity contribution in [2.45, 2.75) is 25.7 Å². The Balaban J connectivity index is 1.35. The summed E-state index contributed by atoms with van der Waals surface area (Å²) >= 11 is 1.43. The number of rotatable bonds is 6. The van der Waals surface area contributed by atoms with Crippen LogP contribution in [0.1, 0.15) is 45.1 Å². The number of hydrogen-bond donors (Lipinski definition) is 0. The molecule has 0 bridgehead atoms. The third-order valence-electron chi connectivity index (χ3n) is 5.24. The van der Waals surface area contributed by atoms with Gasteiger partial charge in [0.1, 0.15) is 0 Å². The van der Waals surface area contributed by atoms with Crippen LogP contribution in [0.15, 0.2) is 46.3 Å². The van der Waals surface area contributed by atoms with Gasteiger partial charge in [0, 0.05) is 44.2 Å². The number of amides is 2. The molecule has 1 fully saturated rings. The molecular formula is C22H24N4O3S. The number of carbonyl (C=O) groups excluding carboxylic acids is 2. The molecule has 0 radical (unpaired) electrons. The number of hydrogen-bond acceptors (Lipinski definition) is 6. The Labute approximate surface area is 179 Å². The highest BCUT2D eigenvalue weighted by Gasteiger charge is 2.19. The van der Waals surface area contributed by atoms with E-state index in [4.69, 9.17) is 4.52 Å².